The Hall–Kier alpha value is -3.29. The highest BCUT2D eigenvalue weighted by atomic mass is 19.4. The summed E-state index contributed by atoms with van der Waals surface area (Å²) in [5.41, 5.74) is 8.98. The maximum Gasteiger partial charge on any atom is 0.395 e. The molecule has 3 N–H and O–H groups in total. The number of H-pyrrole nitrogens is 1. The van der Waals surface area contributed by atoms with Crippen LogP contribution in [0.3, 0.4) is 0 Å². The van der Waals surface area contributed by atoms with Crippen LogP contribution in [0.5, 0.6) is 0 Å². The molecule has 1 aliphatic carbocycles. The van der Waals surface area contributed by atoms with E-state index < -0.39 is 12.1 Å². The van der Waals surface area contributed by atoms with Gasteiger partial charge in [-0.1, -0.05) is 19.4 Å². The number of alkyl halides is 3. The monoisotopic (exact) mass is 441 g/mol. The van der Waals surface area contributed by atoms with Crippen molar-refractivity contribution in [2.24, 2.45) is 5.73 Å². The quantitative estimate of drug-likeness (QED) is 0.392. The molecule has 1 fully saturated rings. The van der Waals surface area contributed by atoms with Gasteiger partial charge in [0.25, 0.3) is 0 Å². The summed E-state index contributed by atoms with van der Waals surface area (Å²) in [5.74, 6) is -1.05. The fraction of sp³-hybridized carbons (Fsp3) is 0.333. The molecule has 0 radical (unpaired) electrons. The molecular weight excluding hydrogens is 415 g/mol. The average molecular weight is 442 g/mol. The molecular formula is C24H26F3N5. The normalized spacial score (nSPS) is 15.6. The Morgan fingerprint density at radius 1 is 1.25 bits per heavy atom. The number of halogens is 3. The lowest BCUT2D eigenvalue weighted by atomic mass is 9.99. The molecule has 168 valence electrons. The fourth-order valence-corrected chi connectivity index (χ4v) is 4.38. The number of hydrogen-bond donors (Lipinski definition) is 2. The average Bonchev–Trinajstić information content (AvgIpc) is 3.51. The molecule has 32 heavy (non-hydrogen) atoms. The van der Waals surface area contributed by atoms with E-state index >= 15 is 0 Å². The van der Waals surface area contributed by atoms with Crippen molar-refractivity contribution in [2.45, 2.75) is 50.6 Å². The molecule has 0 aliphatic heterocycles. The Kier molecular flexibility index (Phi) is 5.95. The number of pyridine rings is 2. The van der Waals surface area contributed by atoms with Crippen LogP contribution in [0.2, 0.25) is 0 Å². The lowest BCUT2D eigenvalue weighted by Crippen LogP contribution is -2.17. The molecule has 1 unspecified atom stereocenters. The van der Waals surface area contributed by atoms with Gasteiger partial charge < -0.3 is 10.7 Å². The summed E-state index contributed by atoms with van der Waals surface area (Å²) < 4.78 is 41.2. The van der Waals surface area contributed by atoms with Crippen LogP contribution < -0.4 is 5.73 Å². The second-order valence-corrected chi connectivity index (χ2v) is 8.16. The lowest BCUT2D eigenvalue weighted by molar-refractivity contribution is -0.146. The molecule has 4 heterocycles. The zero-order chi connectivity index (χ0) is 22.9. The number of aromatic amines is 1. The molecule has 5 nitrogen and oxygen atoms in total. The number of rotatable bonds is 3. The van der Waals surface area contributed by atoms with Gasteiger partial charge >= 0.3 is 6.18 Å². The van der Waals surface area contributed by atoms with Crippen LogP contribution in [0.4, 0.5) is 13.2 Å². The summed E-state index contributed by atoms with van der Waals surface area (Å²) in [6, 6.07) is 7.80. The summed E-state index contributed by atoms with van der Waals surface area (Å²) in [4.78, 5) is 8.05. The lowest BCUT2D eigenvalue weighted by Gasteiger charge is -2.14. The van der Waals surface area contributed by atoms with E-state index in [1.54, 1.807) is 12.3 Å². The third-order valence-corrected chi connectivity index (χ3v) is 6.15. The highest BCUT2D eigenvalue weighted by Gasteiger charge is 2.38. The first-order valence-electron chi connectivity index (χ1n) is 10.7. The van der Waals surface area contributed by atoms with Crippen molar-refractivity contribution in [3.63, 3.8) is 0 Å². The first kappa shape index (κ1) is 21.9. The Balaban J connectivity index is 0.000000775. The standard InChI is InChI=1S/C22H21F3N4.C2H5N/c1-13(22(23,24)25)17-12-27-29-9-8-15(10-20(17)29)18-11-26-21-16(18)6-7-19(28-21)14-4-2-3-5-14;1-2-3/h6-14H,2-5H2,1H3,(H,26,28);2H,1,3H2. The van der Waals surface area contributed by atoms with Crippen molar-refractivity contribution in [2.75, 3.05) is 0 Å². The van der Waals surface area contributed by atoms with Crippen LogP contribution in [0.15, 0.2) is 55.6 Å². The SMILES string of the molecule is C=CN.CC(c1cnn2ccc(-c3c[nH]c4nc(C5CCCC5)ccc34)cc12)C(F)(F)F. The predicted octanol–water partition coefficient (Wildman–Crippen LogP) is 6.29. The number of fused-ring (bicyclic) bond motifs is 2. The minimum atomic E-state index is -4.30. The first-order chi connectivity index (χ1) is 15.3. The zero-order valence-electron chi connectivity index (χ0n) is 17.9. The van der Waals surface area contributed by atoms with Gasteiger partial charge in [-0.15, -0.1) is 0 Å². The molecule has 1 saturated carbocycles. The molecule has 0 saturated heterocycles. The van der Waals surface area contributed by atoms with Crippen molar-refractivity contribution >= 4 is 16.6 Å². The molecule has 0 bridgehead atoms. The van der Waals surface area contributed by atoms with Crippen LogP contribution in [-0.4, -0.2) is 25.8 Å². The van der Waals surface area contributed by atoms with E-state index in [4.69, 9.17) is 4.98 Å². The summed E-state index contributed by atoms with van der Waals surface area (Å²) in [6.45, 7) is 4.31. The Morgan fingerprint density at radius 2 is 1.97 bits per heavy atom. The third kappa shape index (κ3) is 4.09. The second-order valence-electron chi connectivity index (χ2n) is 8.16. The Bertz CT molecular complexity index is 1230. The summed E-state index contributed by atoms with van der Waals surface area (Å²) in [6.07, 6.45) is 6.72. The number of hydrogen-bond acceptors (Lipinski definition) is 3. The zero-order valence-corrected chi connectivity index (χ0v) is 17.9. The first-order valence-corrected chi connectivity index (χ1v) is 10.7. The minimum Gasteiger partial charge on any atom is -0.405 e. The smallest absolute Gasteiger partial charge is 0.395 e. The van der Waals surface area contributed by atoms with E-state index in [0.29, 0.717) is 11.4 Å². The van der Waals surface area contributed by atoms with E-state index in [1.165, 1.54) is 49.5 Å². The fourth-order valence-electron chi connectivity index (χ4n) is 4.38. The molecule has 1 aliphatic rings. The van der Waals surface area contributed by atoms with E-state index in [2.05, 4.69) is 34.5 Å². The van der Waals surface area contributed by atoms with Crippen molar-refractivity contribution < 1.29 is 13.2 Å². The van der Waals surface area contributed by atoms with Crippen LogP contribution >= 0.6 is 0 Å². The topological polar surface area (TPSA) is 72.0 Å². The van der Waals surface area contributed by atoms with E-state index in [1.807, 2.05) is 12.3 Å². The Labute approximate surface area is 184 Å². The molecule has 0 amide bonds. The highest BCUT2D eigenvalue weighted by Crippen LogP contribution is 2.38. The summed E-state index contributed by atoms with van der Waals surface area (Å²) in [7, 11) is 0. The van der Waals surface area contributed by atoms with Crippen LogP contribution in [0, 0.1) is 0 Å². The largest absolute Gasteiger partial charge is 0.405 e. The van der Waals surface area contributed by atoms with Gasteiger partial charge in [0.05, 0.1) is 17.6 Å². The van der Waals surface area contributed by atoms with Gasteiger partial charge in [-0.05, 0) is 55.8 Å². The second kappa shape index (κ2) is 8.68. The molecule has 0 aromatic carbocycles. The number of nitrogens with two attached hydrogens (primary N) is 1. The number of nitrogens with zero attached hydrogens (tertiary/aromatic N) is 3. The summed E-state index contributed by atoms with van der Waals surface area (Å²) in [5, 5.41) is 5.06. The van der Waals surface area contributed by atoms with Crippen molar-refractivity contribution in [3.8, 4) is 11.1 Å². The number of nitrogens with one attached hydrogen (secondary N) is 1. The van der Waals surface area contributed by atoms with Gasteiger partial charge in [0.2, 0.25) is 0 Å². The van der Waals surface area contributed by atoms with E-state index in [0.717, 1.165) is 27.9 Å². The summed E-state index contributed by atoms with van der Waals surface area (Å²) >= 11 is 0. The minimum absolute atomic E-state index is 0.181. The third-order valence-electron chi connectivity index (χ3n) is 6.15. The van der Waals surface area contributed by atoms with Gasteiger partial charge in [0.15, 0.2) is 0 Å². The molecule has 4 aromatic heterocycles. The van der Waals surface area contributed by atoms with E-state index in [-0.39, 0.29) is 5.56 Å². The van der Waals surface area contributed by atoms with Crippen molar-refractivity contribution in [1.82, 2.24) is 19.6 Å². The Morgan fingerprint density at radius 3 is 2.66 bits per heavy atom. The van der Waals surface area contributed by atoms with Gasteiger partial charge in [-0.25, -0.2) is 9.50 Å². The van der Waals surface area contributed by atoms with Crippen molar-refractivity contribution in [1.29, 1.82) is 0 Å². The van der Waals surface area contributed by atoms with Gasteiger partial charge in [-0.3, -0.25) is 0 Å². The molecule has 0 spiro atoms. The highest BCUT2D eigenvalue weighted by molar-refractivity contribution is 5.94. The van der Waals surface area contributed by atoms with Gasteiger partial charge in [0, 0.05) is 40.5 Å². The molecule has 1 atom stereocenters. The van der Waals surface area contributed by atoms with Crippen LogP contribution in [-0.2, 0) is 0 Å². The van der Waals surface area contributed by atoms with Crippen LogP contribution in [0.1, 0.15) is 55.7 Å². The van der Waals surface area contributed by atoms with Gasteiger partial charge in [0.1, 0.15) is 5.65 Å². The molecule has 4 aromatic rings. The maximum atomic E-state index is 13.2. The molecule has 5 rings (SSSR count). The van der Waals surface area contributed by atoms with Crippen molar-refractivity contribution in [3.05, 3.63) is 66.9 Å². The maximum absolute atomic E-state index is 13.2. The predicted molar refractivity (Wildman–Crippen MR) is 120 cm³/mol. The van der Waals surface area contributed by atoms with Crippen LogP contribution in [0.25, 0.3) is 27.7 Å². The van der Waals surface area contributed by atoms with Gasteiger partial charge in [-0.2, -0.15) is 18.3 Å². The van der Waals surface area contributed by atoms with E-state index in [9.17, 15) is 13.2 Å². The molecule has 8 heteroatoms. The number of aromatic nitrogens is 4.